The Morgan fingerprint density at radius 3 is 2.39 bits per heavy atom. The van der Waals surface area contributed by atoms with Crippen LogP contribution in [0.5, 0.6) is 0 Å². The van der Waals surface area contributed by atoms with Crippen molar-refractivity contribution >= 4 is 0 Å². The number of benzene rings is 1. The maximum Gasteiger partial charge on any atom is 0.0933 e. The van der Waals surface area contributed by atoms with Crippen molar-refractivity contribution in [1.29, 1.82) is 0 Å². The molecule has 1 aromatic carbocycles. The normalized spacial score (nSPS) is 13.6. The third kappa shape index (κ3) is 5.65. The molecule has 0 spiro atoms. The Balaban J connectivity index is 2.38. The van der Waals surface area contributed by atoms with Gasteiger partial charge in [-0.15, -0.1) is 0 Å². The molecule has 1 N–H and O–H groups in total. The van der Waals surface area contributed by atoms with Crippen LogP contribution in [0.1, 0.15) is 52.5 Å². The molecule has 0 aliphatic rings. The number of hydrogen-bond donors (Lipinski definition) is 1. The van der Waals surface area contributed by atoms with E-state index in [1.807, 2.05) is 18.2 Å². The molecule has 0 heterocycles. The van der Waals surface area contributed by atoms with Crippen molar-refractivity contribution in [3.05, 3.63) is 35.9 Å². The minimum Gasteiger partial charge on any atom is -0.297 e. The van der Waals surface area contributed by atoms with Gasteiger partial charge in [-0.1, -0.05) is 70.9 Å². The molecule has 18 heavy (non-hydrogen) atoms. The average Bonchev–Trinajstić information content (AvgIpc) is 2.33. The summed E-state index contributed by atoms with van der Waals surface area (Å²) in [7, 11) is 0. The Bertz CT molecular complexity index is 316. The van der Waals surface area contributed by atoms with Crippen molar-refractivity contribution in [1.82, 2.24) is 5.48 Å². The largest absolute Gasteiger partial charge is 0.297 e. The number of hydrogen-bond acceptors (Lipinski definition) is 2. The first kappa shape index (κ1) is 15.2. The van der Waals surface area contributed by atoms with Crippen LogP contribution < -0.4 is 5.48 Å². The lowest BCUT2D eigenvalue weighted by molar-refractivity contribution is -0.0257. The molecule has 0 amide bonds. The molecule has 0 saturated heterocycles. The number of unbranched alkanes of at least 4 members (excludes halogenated alkanes) is 1. The summed E-state index contributed by atoms with van der Waals surface area (Å²) in [4.78, 5) is 5.66. The van der Waals surface area contributed by atoms with Gasteiger partial charge in [-0.3, -0.25) is 4.84 Å². The third-order valence-corrected chi connectivity index (χ3v) is 3.20. The molecule has 2 nitrogen and oxygen atoms in total. The standard InChI is InChI=1S/C16H27NO/c1-5-6-12-15(16(2,3)4)17-18-13-14-10-8-7-9-11-14/h7-11,15,17H,5-6,12-13H2,1-4H3. The van der Waals surface area contributed by atoms with Crippen molar-refractivity contribution in [2.24, 2.45) is 5.41 Å². The molecule has 0 aromatic heterocycles. The van der Waals surface area contributed by atoms with E-state index in [4.69, 9.17) is 4.84 Å². The van der Waals surface area contributed by atoms with Crippen LogP contribution >= 0.6 is 0 Å². The summed E-state index contributed by atoms with van der Waals surface area (Å²) >= 11 is 0. The SMILES string of the molecule is CCCCC(NOCc1ccccc1)C(C)(C)C. The van der Waals surface area contributed by atoms with Crippen LogP contribution in [0.2, 0.25) is 0 Å². The predicted octanol–water partition coefficient (Wildman–Crippen LogP) is 4.31. The monoisotopic (exact) mass is 249 g/mol. The van der Waals surface area contributed by atoms with Gasteiger partial charge in [0.15, 0.2) is 0 Å². The molecule has 1 atom stereocenters. The van der Waals surface area contributed by atoms with Crippen molar-refractivity contribution in [3.8, 4) is 0 Å². The maximum absolute atomic E-state index is 5.66. The minimum absolute atomic E-state index is 0.228. The van der Waals surface area contributed by atoms with Gasteiger partial charge in [0.1, 0.15) is 0 Å². The van der Waals surface area contributed by atoms with Crippen molar-refractivity contribution in [2.75, 3.05) is 0 Å². The highest BCUT2D eigenvalue weighted by Gasteiger charge is 2.23. The summed E-state index contributed by atoms with van der Waals surface area (Å²) in [5.41, 5.74) is 4.67. The van der Waals surface area contributed by atoms with E-state index in [2.05, 4.69) is 45.3 Å². The first-order chi connectivity index (χ1) is 8.54. The average molecular weight is 249 g/mol. The predicted molar refractivity (Wildman–Crippen MR) is 77.1 cm³/mol. The Morgan fingerprint density at radius 1 is 1.17 bits per heavy atom. The fraction of sp³-hybridized carbons (Fsp3) is 0.625. The summed E-state index contributed by atoms with van der Waals surface area (Å²) in [5, 5.41) is 0. The molecular weight excluding hydrogens is 222 g/mol. The lowest BCUT2D eigenvalue weighted by Crippen LogP contribution is -2.40. The van der Waals surface area contributed by atoms with E-state index in [0.29, 0.717) is 12.6 Å². The summed E-state index contributed by atoms with van der Waals surface area (Å²) < 4.78 is 0. The summed E-state index contributed by atoms with van der Waals surface area (Å²) in [6.07, 6.45) is 3.63. The van der Waals surface area contributed by atoms with Crippen molar-refractivity contribution < 1.29 is 4.84 Å². The number of nitrogens with one attached hydrogen (secondary N) is 1. The molecule has 2 heteroatoms. The second-order valence-corrected chi connectivity index (χ2v) is 5.95. The highest BCUT2D eigenvalue weighted by molar-refractivity contribution is 5.13. The van der Waals surface area contributed by atoms with Crippen LogP contribution in [-0.4, -0.2) is 6.04 Å². The van der Waals surface area contributed by atoms with Crippen LogP contribution in [0.4, 0.5) is 0 Å². The maximum atomic E-state index is 5.66. The second-order valence-electron chi connectivity index (χ2n) is 5.95. The fourth-order valence-corrected chi connectivity index (χ4v) is 1.88. The molecule has 0 fully saturated rings. The van der Waals surface area contributed by atoms with E-state index in [1.54, 1.807) is 0 Å². The third-order valence-electron chi connectivity index (χ3n) is 3.20. The Labute approximate surface area is 112 Å². The van der Waals surface area contributed by atoms with Crippen LogP contribution in [-0.2, 0) is 11.4 Å². The number of hydroxylamine groups is 1. The summed E-state index contributed by atoms with van der Waals surface area (Å²) in [6.45, 7) is 9.62. The molecule has 102 valence electrons. The lowest BCUT2D eigenvalue weighted by Gasteiger charge is -2.31. The molecule has 1 aromatic rings. The quantitative estimate of drug-likeness (QED) is 0.727. The van der Waals surface area contributed by atoms with Gasteiger partial charge in [-0.05, 0) is 17.4 Å². The molecule has 0 aliphatic carbocycles. The molecule has 0 bridgehead atoms. The van der Waals surface area contributed by atoms with Gasteiger partial charge in [0.05, 0.1) is 6.61 Å². The first-order valence-corrected chi connectivity index (χ1v) is 6.95. The highest BCUT2D eigenvalue weighted by atomic mass is 16.6. The topological polar surface area (TPSA) is 21.3 Å². The van der Waals surface area contributed by atoms with Crippen molar-refractivity contribution in [2.45, 2.75) is 59.6 Å². The Morgan fingerprint density at radius 2 is 1.83 bits per heavy atom. The molecule has 0 saturated carbocycles. The number of rotatable bonds is 7. The van der Waals surface area contributed by atoms with E-state index in [0.717, 1.165) is 6.42 Å². The van der Waals surface area contributed by atoms with E-state index in [1.165, 1.54) is 18.4 Å². The zero-order valence-corrected chi connectivity index (χ0v) is 12.2. The smallest absolute Gasteiger partial charge is 0.0933 e. The molecule has 0 aliphatic heterocycles. The van der Waals surface area contributed by atoms with Gasteiger partial charge >= 0.3 is 0 Å². The first-order valence-electron chi connectivity index (χ1n) is 6.95. The molecule has 1 rings (SSSR count). The molecular formula is C16H27NO. The zero-order chi connectivity index (χ0) is 13.4. The van der Waals surface area contributed by atoms with E-state index < -0.39 is 0 Å². The van der Waals surface area contributed by atoms with Gasteiger partial charge in [-0.2, -0.15) is 5.48 Å². The van der Waals surface area contributed by atoms with Gasteiger partial charge in [-0.25, -0.2) is 0 Å². The van der Waals surface area contributed by atoms with Gasteiger partial charge < -0.3 is 0 Å². The van der Waals surface area contributed by atoms with Gasteiger partial charge in [0.2, 0.25) is 0 Å². The fourth-order valence-electron chi connectivity index (χ4n) is 1.88. The van der Waals surface area contributed by atoms with Gasteiger partial charge in [0.25, 0.3) is 0 Å². The summed E-state index contributed by atoms with van der Waals surface area (Å²) in [6, 6.07) is 10.7. The zero-order valence-electron chi connectivity index (χ0n) is 12.2. The van der Waals surface area contributed by atoms with E-state index >= 15 is 0 Å². The van der Waals surface area contributed by atoms with Crippen molar-refractivity contribution in [3.63, 3.8) is 0 Å². The molecule has 0 radical (unpaired) electrons. The Hall–Kier alpha value is -0.860. The van der Waals surface area contributed by atoms with E-state index in [9.17, 15) is 0 Å². The van der Waals surface area contributed by atoms with Crippen LogP contribution in [0.25, 0.3) is 0 Å². The Kier molecular flexibility index (Phi) is 6.37. The van der Waals surface area contributed by atoms with Crippen LogP contribution in [0.3, 0.4) is 0 Å². The lowest BCUT2D eigenvalue weighted by atomic mass is 9.84. The minimum atomic E-state index is 0.228. The van der Waals surface area contributed by atoms with Crippen LogP contribution in [0, 0.1) is 5.41 Å². The highest BCUT2D eigenvalue weighted by Crippen LogP contribution is 2.23. The van der Waals surface area contributed by atoms with E-state index in [-0.39, 0.29) is 5.41 Å². The van der Waals surface area contributed by atoms with Crippen LogP contribution in [0.15, 0.2) is 30.3 Å². The summed E-state index contributed by atoms with van der Waals surface area (Å²) in [5.74, 6) is 0. The second kappa shape index (κ2) is 7.55. The van der Waals surface area contributed by atoms with Gasteiger partial charge in [0, 0.05) is 6.04 Å². The molecule has 1 unspecified atom stereocenters.